The zero-order chi connectivity index (χ0) is 27.0. The average molecular weight is 518 g/mol. The monoisotopic (exact) mass is 517 g/mol. The van der Waals surface area contributed by atoms with Gasteiger partial charge in [-0.3, -0.25) is 14.4 Å². The van der Waals surface area contributed by atoms with E-state index in [1.807, 2.05) is 30.5 Å². The molecule has 0 saturated carbocycles. The zero-order valence-electron chi connectivity index (χ0n) is 21.8. The Bertz CT molecular complexity index is 1410. The minimum Gasteiger partial charge on any atom is -0.361 e. The van der Waals surface area contributed by atoms with Gasteiger partial charge >= 0.3 is 0 Å². The summed E-state index contributed by atoms with van der Waals surface area (Å²) in [5.74, 6) is -1.27. The van der Waals surface area contributed by atoms with Crippen LogP contribution in [0, 0.1) is 17.2 Å². The van der Waals surface area contributed by atoms with Crippen molar-refractivity contribution in [1.82, 2.24) is 20.2 Å². The number of para-hydroxylation sites is 1. The second-order valence-electron chi connectivity index (χ2n) is 10.6. The van der Waals surface area contributed by atoms with Crippen LogP contribution in [0.3, 0.4) is 0 Å². The Hall–Kier alpha value is -4.01. The maximum absolute atomic E-state index is 14.0. The van der Waals surface area contributed by atoms with Gasteiger partial charge in [-0.25, -0.2) is 9.40 Å². The van der Waals surface area contributed by atoms with Crippen LogP contribution in [0.25, 0.3) is 10.9 Å². The third kappa shape index (κ3) is 4.68. The highest BCUT2D eigenvalue weighted by molar-refractivity contribution is 6.13. The van der Waals surface area contributed by atoms with Gasteiger partial charge in [0.25, 0.3) is 5.91 Å². The second-order valence-corrected chi connectivity index (χ2v) is 10.6. The van der Waals surface area contributed by atoms with Crippen LogP contribution in [0.1, 0.15) is 31.4 Å². The molecule has 0 unspecified atom stereocenters. The van der Waals surface area contributed by atoms with Crippen LogP contribution in [-0.2, 0) is 27.2 Å². The molecule has 8 nitrogen and oxygen atoms in total. The molecule has 2 aliphatic rings. The average Bonchev–Trinajstić information content (AvgIpc) is 3.42. The SMILES string of the molecule is CC(C)C(=O)N[C@H](Cc1c[nH]c2ccccc12)C(=O)N1CCC2=NN(C)C(=O)[C@]2(Cc2ccc(F)cc2)C1. The third-order valence-electron chi connectivity index (χ3n) is 7.57. The molecule has 5 rings (SSSR count). The van der Waals surface area contributed by atoms with E-state index in [2.05, 4.69) is 15.4 Å². The first-order valence-electron chi connectivity index (χ1n) is 12.9. The van der Waals surface area contributed by atoms with E-state index >= 15 is 0 Å². The first-order chi connectivity index (χ1) is 18.2. The summed E-state index contributed by atoms with van der Waals surface area (Å²) in [6.07, 6.45) is 2.95. The number of nitrogens with zero attached hydrogens (tertiary/aromatic N) is 3. The molecule has 3 heterocycles. The largest absolute Gasteiger partial charge is 0.361 e. The Morgan fingerprint density at radius 2 is 1.89 bits per heavy atom. The molecule has 2 aliphatic heterocycles. The maximum atomic E-state index is 14.0. The van der Waals surface area contributed by atoms with Crippen molar-refractivity contribution in [2.45, 2.75) is 39.2 Å². The van der Waals surface area contributed by atoms with Gasteiger partial charge in [-0.05, 0) is 35.7 Å². The number of hydrazone groups is 1. The molecule has 3 amide bonds. The van der Waals surface area contributed by atoms with Gasteiger partial charge in [0, 0.05) is 56.0 Å². The van der Waals surface area contributed by atoms with E-state index in [0.717, 1.165) is 27.7 Å². The van der Waals surface area contributed by atoms with Crippen molar-refractivity contribution in [3.8, 4) is 0 Å². The fourth-order valence-electron chi connectivity index (χ4n) is 5.50. The number of likely N-dealkylation sites (tertiary alicyclic amines) is 1. The summed E-state index contributed by atoms with van der Waals surface area (Å²) >= 11 is 0. The number of carbonyl (C=O) groups is 3. The molecule has 0 aliphatic carbocycles. The Balaban J connectivity index is 1.44. The molecule has 0 radical (unpaired) electrons. The number of carbonyl (C=O) groups excluding carboxylic acids is 3. The molecule has 1 saturated heterocycles. The molecule has 1 fully saturated rings. The summed E-state index contributed by atoms with van der Waals surface area (Å²) in [5, 5.41) is 9.79. The van der Waals surface area contributed by atoms with Crippen molar-refractivity contribution >= 4 is 34.3 Å². The molecule has 2 atom stereocenters. The summed E-state index contributed by atoms with van der Waals surface area (Å²) in [6, 6.07) is 13.1. The molecule has 0 spiro atoms. The molecule has 38 heavy (non-hydrogen) atoms. The fourth-order valence-corrected chi connectivity index (χ4v) is 5.50. The number of benzene rings is 2. The number of hydrogen-bond donors (Lipinski definition) is 2. The van der Waals surface area contributed by atoms with E-state index in [-0.39, 0.29) is 36.0 Å². The van der Waals surface area contributed by atoms with E-state index in [1.165, 1.54) is 17.1 Å². The first kappa shape index (κ1) is 25.6. The standard InChI is InChI=1S/C29H32FN5O3/c1-18(2)26(36)32-24(14-20-16-31-23-7-5-4-6-22(20)23)27(37)35-13-12-25-29(17-35,28(38)34(3)33-25)15-19-8-10-21(30)11-9-19/h4-11,16,18,24,31H,12-15,17H2,1-3H3,(H,32,36)/t24-,29-/m1/s1. The van der Waals surface area contributed by atoms with Gasteiger partial charge in [-0.15, -0.1) is 0 Å². The van der Waals surface area contributed by atoms with Gasteiger partial charge in [0.05, 0.1) is 5.71 Å². The van der Waals surface area contributed by atoms with Crippen LogP contribution < -0.4 is 5.32 Å². The first-order valence-corrected chi connectivity index (χ1v) is 12.9. The lowest BCUT2D eigenvalue weighted by atomic mass is 9.73. The van der Waals surface area contributed by atoms with Crippen LogP contribution in [-0.4, -0.2) is 64.5 Å². The number of H-pyrrole nitrogens is 1. The highest BCUT2D eigenvalue weighted by Crippen LogP contribution is 2.38. The van der Waals surface area contributed by atoms with Crippen LogP contribution in [0.5, 0.6) is 0 Å². The van der Waals surface area contributed by atoms with Crippen molar-refractivity contribution in [2.75, 3.05) is 20.1 Å². The number of halogens is 1. The Kier molecular flexibility index (Phi) is 6.77. The maximum Gasteiger partial charge on any atom is 0.256 e. The number of aromatic amines is 1. The van der Waals surface area contributed by atoms with Gasteiger partial charge < -0.3 is 15.2 Å². The molecular formula is C29H32FN5O3. The smallest absolute Gasteiger partial charge is 0.256 e. The van der Waals surface area contributed by atoms with Crippen molar-refractivity contribution in [3.05, 3.63) is 71.7 Å². The summed E-state index contributed by atoms with van der Waals surface area (Å²) < 4.78 is 13.6. The Morgan fingerprint density at radius 3 is 2.63 bits per heavy atom. The van der Waals surface area contributed by atoms with Gasteiger partial charge in [0.1, 0.15) is 17.3 Å². The lowest BCUT2D eigenvalue weighted by molar-refractivity contribution is -0.142. The van der Waals surface area contributed by atoms with Crippen molar-refractivity contribution < 1.29 is 18.8 Å². The number of rotatable bonds is 7. The van der Waals surface area contributed by atoms with Crippen LogP contribution in [0.2, 0.25) is 0 Å². The van der Waals surface area contributed by atoms with Gasteiger partial charge in [-0.2, -0.15) is 5.10 Å². The molecule has 2 N–H and O–H groups in total. The van der Waals surface area contributed by atoms with Crippen molar-refractivity contribution in [1.29, 1.82) is 0 Å². The number of fused-ring (bicyclic) bond motifs is 2. The van der Waals surface area contributed by atoms with Crippen LogP contribution in [0.4, 0.5) is 4.39 Å². The number of aromatic nitrogens is 1. The summed E-state index contributed by atoms with van der Waals surface area (Å²) in [4.78, 5) is 45.1. The third-order valence-corrected chi connectivity index (χ3v) is 7.57. The van der Waals surface area contributed by atoms with Crippen molar-refractivity contribution in [3.63, 3.8) is 0 Å². The highest BCUT2D eigenvalue weighted by atomic mass is 19.1. The molecule has 9 heteroatoms. The van der Waals surface area contributed by atoms with E-state index in [9.17, 15) is 18.8 Å². The zero-order valence-corrected chi connectivity index (χ0v) is 21.8. The normalized spacial score (nSPS) is 20.0. The number of amides is 3. The molecule has 198 valence electrons. The fraction of sp³-hybridized carbons (Fsp3) is 0.379. The lowest BCUT2D eigenvalue weighted by Crippen LogP contribution is -2.59. The van der Waals surface area contributed by atoms with Crippen LogP contribution in [0.15, 0.2) is 59.8 Å². The molecule has 1 aromatic heterocycles. The van der Waals surface area contributed by atoms with Crippen LogP contribution >= 0.6 is 0 Å². The lowest BCUT2D eigenvalue weighted by Gasteiger charge is -2.40. The number of piperidine rings is 1. The van der Waals surface area contributed by atoms with E-state index in [1.54, 1.807) is 37.9 Å². The molecule has 3 aromatic rings. The minimum absolute atomic E-state index is 0.146. The van der Waals surface area contributed by atoms with E-state index < -0.39 is 11.5 Å². The quantitative estimate of drug-likeness (QED) is 0.503. The van der Waals surface area contributed by atoms with E-state index in [4.69, 9.17) is 0 Å². The van der Waals surface area contributed by atoms with Gasteiger partial charge in [0.15, 0.2) is 0 Å². The number of hydrogen-bond acceptors (Lipinski definition) is 4. The summed E-state index contributed by atoms with van der Waals surface area (Å²) in [7, 11) is 1.62. The second kappa shape index (κ2) is 10.0. The molecular weight excluding hydrogens is 485 g/mol. The van der Waals surface area contributed by atoms with E-state index in [0.29, 0.717) is 25.8 Å². The summed E-state index contributed by atoms with van der Waals surface area (Å²) in [6.45, 7) is 4.12. The molecule has 2 aromatic carbocycles. The Labute approximate surface area is 220 Å². The highest BCUT2D eigenvalue weighted by Gasteiger charge is 2.53. The molecule has 0 bridgehead atoms. The Morgan fingerprint density at radius 1 is 1.16 bits per heavy atom. The van der Waals surface area contributed by atoms with Gasteiger partial charge in [-0.1, -0.05) is 44.2 Å². The summed E-state index contributed by atoms with van der Waals surface area (Å²) in [5.41, 5.74) is 2.40. The van der Waals surface area contributed by atoms with Gasteiger partial charge in [0.2, 0.25) is 11.8 Å². The van der Waals surface area contributed by atoms with Crippen molar-refractivity contribution in [2.24, 2.45) is 16.4 Å². The number of nitrogens with one attached hydrogen (secondary N) is 2. The predicted molar refractivity (Wildman–Crippen MR) is 143 cm³/mol. The predicted octanol–water partition coefficient (Wildman–Crippen LogP) is 3.28. The topological polar surface area (TPSA) is 97.9 Å². The minimum atomic E-state index is -1.02.